The molecule has 0 spiro atoms. The van der Waals surface area contributed by atoms with E-state index in [2.05, 4.69) is 27.4 Å². The number of hydrogen-bond donors (Lipinski definition) is 1. The van der Waals surface area contributed by atoms with Gasteiger partial charge in [0.05, 0.1) is 0 Å². The molecule has 0 aliphatic heterocycles. The van der Waals surface area contributed by atoms with Gasteiger partial charge in [0.1, 0.15) is 0 Å². The third kappa shape index (κ3) is 4.37. The maximum Gasteiger partial charge on any atom is 0.227 e. The van der Waals surface area contributed by atoms with Crippen LogP contribution in [0.15, 0.2) is 29.0 Å². The lowest BCUT2D eigenvalue weighted by molar-refractivity contribution is -0.122. The van der Waals surface area contributed by atoms with Crippen LogP contribution in [0.1, 0.15) is 44.9 Å². The maximum atomic E-state index is 12.1. The zero-order valence-corrected chi connectivity index (χ0v) is 13.4. The molecule has 2 heterocycles. The highest BCUT2D eigenvalue weighted by Crippen LogP contribution is 2.23. The Bertz CT molecular complexity index is 641. The van der Waals surface area contributed by atoms with Crippen LogP contribution in [0.4, 0.5) is 0 Å². The van der Waals surface area contributed by atoms with Crippen molar-refractivity contribution in [3.8, 4) is 11.4 Å². The summed E-state index contributed by atoms with van der Waals surface area (Å²) in [6.45, 7) is 2.25. The molecule has 2 atom stereocenters. The second-order valence-corrected chi connectivity index (χ2v) is 6.28. The third-order valence-corrected chi connectivity index (χ3v) is 4.27. The minimum absolute atomic E-state index is 0.0627. The molecule has 1 aliphatic carbocycles. The third-order valence-electron chi connectivity index (χ3n) is 4.27. The summed E-state index contributed by atoms with van der Waals surface area (Å²) in [5.74, 6) is 1.79. The number of aromatic nitrogens is 3. The first-order chi connectivity index (χ1) is 11.2. The number of aryl methyl sites for hydroxylation is 1. The number of carbonyl (C=O) groups is 1. The Balaban J connectivity index is 1.48. The molecule has 0 bridgehead atoms. The van der Waals surface area contributed by atoms with Gasteiger partial charge in [-0.25, -0.2) is 0 Å². The van der Waals surface area contributed by atoms with Gasteiger partial charge in [0.25, 0.3) is 0 Å². The van der Waals surface area contributed by atoms with E-state index < -0.39 is 0 Å². The molecule has 1 amide bonds. The van der Waals surface area contributed by atoms with Crippen molar-refractivity contribution in [1.82, 2.24) is 20.4 Å². The van der Waals surface area contributed by atoms with E-state index in [9.17, 15) is 4.79 Å². The number of amides is 1. The Morgan fingerprint density at radius 1 is 1.35 bits per heavy atom. The highest BCUT2D eigenvalue weighted by Gasteiger charge is 2.20. The molecule has 122 valence electrons. The summed E-state index contributed by atoms with van der Waals surface area (Å²) in [4.78, 5) is 20.3. The fourth-order valence-corrected chi connectivity index (χ4v) is 3.06. The van der Waals surface area contributed by atoms with Gasteiger partial charge in [-0.15, -0.1) is 0 Å². The van der Waals surface area contributed by atoms with Crippen molar-refractivity contribution in [2.24, 2.45) is 5.92 Å². The van der Waals surface area contributed by atoms with Crippen molar-refractivity contribution >= 4 is 5.91 Å². The Kier molecular flexibility index (Phi) is 5.00. The van der Waals surface area contributed by atoms with Gasteiger partial charge >= 0.3 is 0 Å². The molecular weight excluding hydrogens is 292 g/mol. The Morgan fingerprint density at radius 3 is 2.96 bits per heavy atom. The monoisotopic (exact) mass is 314 g/mol. The molecule has 0 saturated heterocycles. The molecule has 23 heavy (non-hydrogen) atoms. The quantitative estimate of drug-likeness (QED) is 0.917. The van der Waals surface area contributed by atoms with Crippen molar-refractivity contribution < 1.29 is 9.32 Å². The molecule has 1 saturated carbocycles. The van der Waals surface area contributed by atoms with E-state index in [4.69, 9.17) is 4.52 Å². The number of nitrogens with one attached hydrogen (secondary N) is 1. The second-order valence-electron chi connectivity index (χ2n) is 6.28. The molecular formula is C17H22N4O2. The van der Waals surface area contributed by atoms with Crippen LogP contribution in [0, 0.1) is 5.92 Å². The molecule has 0 aromatic carbocycles. The average molecular weight is 314 g/mol. The Labute approximate surface area is 135 Å². The topological polar surface area (TPSA) is 80.9 Å². The fourth-order valence-electron chi connectivity index (χ4n) is 3.06. The first kappa shape index (κ1) is 15.6. The van der Waals surface area contributed by atoms with Crippen LogP contribution in [-0.2, 0) is 11.2 Å². The Morgan fingerprint density at radius 2 is 2.17 bits per heavy atom. The number of carbonyl (C=O) groups excluding carboxylic acids is 1. The summed E-state index contributed by atoms with van der Waals surface area (Å²) >= 11 is 0. The van der Waals surface area contributed by atoms with Gasteiger partial charge in [-0.3, -0.25) is 9.78 Å². The molecule has 2 aromatic rings. The van der Waals surface area contributed by atoms with E-state index in [1.807, 2.05) is 12.1 Å². The standard InChI is InChI=1S/C17H22N4O2/c1-12-3-2-4-14(11-12)19-15(22)5-6-16-20-17(21-23-16)13-7-9-18-10-8-13/h7-10,12,14H,2-6,11H2,1H3,(H,19,22). The molecule has 6 heteroatoms. The molecule has 3 rings (SSSR count). The summed E-state index contributed by atoms with van der Waals surface area (Å²) in [6, 6.07) is 3.97. The number of nitrogens with zero attached hydrogens (tertiary/aromatic N) is 3. The van der Waals surface area contributed by atoms with Crippen molar-refractivity contribution in [1.29, 1.82) is 0 Å². The lowest BCUT2D eigenvalue weighted by Crippen LogP contribution is -2.38. The molecule has 1 N–H and O–H groups in total. The van der Waals surface area contributed by atoms with Crippen LogP contribution in [0.3, 0.4) is 0 Å². The zero-order valence-electron chi connectivity index (χ0n) is 13.4. The van der Waals surface area contributed by atoms with Crippen molar-refractivity contribution in [3.05, 3.63) is 30.4 Å². The average Bonchev–Trinajstić information content (AvgIpc) is 3.03. The van der Waals surface area contributed by atoms with Crippen LogP contribution in [0.25, 0.3) is 11.4 Å². The maximum absolute atomic E-state index is 12.1. The number of pyridine rings is 1. The van der Waals surface area contributed by atoms with E-state index in [0.29, 0.717) is 36.5 Å². The number of rotatable bonds is 5. The predicted molar refractivity (Wildman–Crippen MR) is 85.4 cm³/mol. The molecule has 2 aromatic heterocycles. The van der Waals surface area contributed by atoms with Gasteiger partial charge < -0.3 is 9.84 Å². The molecule has 2 unspecified atom stereocenters. The first-order valence-electron chi connectivity index (χ1n) is 8.23. The smallest absolute Gasteiger partial charge is 0.227 e. The first-order valence-corrected chi connectivity index (χ1v) is 8.23. The Hall–Kier alpha value is -2.24. The SMILES string of the molecule is CC1CCCC(NC(=O)CCc2nc(-c3ccncc3)no2)C1. The normalized spacial score (nSPS) is 21.1. The lowest BCUT2D eigenvalue weighted by Gasteiger charge is -2.27. The van der Waals surface area contributed by atoms with Gasteiger partial charge in [0.15, 0.2) is 0 Å². The summed E-state index contributed by atoms with van der Waals surface area (Å²) < 4.78 is 5.21. The van der Waals surface area contributed by atoms with Gasteiger partial charge in [-0.05, 0) is 30.9 Å². The van der Waals surface area contributed by atoms with E-state index in [0.717, 1.165) is 18.4 Å². The van der Waals surface area contributed by atoms with E-state index in [1.54, 1.807) is 12.4 Å². The minimum Gasteiger partial charge on any atom is -0.353 e. The summed E-state index contributed by atoms with van der Waals surface area (Å²) in [5, 5.41) is 7.07. The van der Waals surface area contributed by atoms with Crippen LogP contribution in [0.5, 0.6) is 0 Å². The van der Waals surface area contributed by atoms with Crippen LogP contribution < -0.4 is 5.32 Å². The van der Waals surface area contributed by atoms with Gasteiger partial charge in [-0.1, -0.05) is 24.9 Å². The van der Waals surface area contributed by atoms with Crippen LogP contribution in [-0.4, -0.2) is 27.1 Å². The van der Waals surface area contributed by atoms with E-state index >= 15 is 0 Å². The van der Waals surface area contributed by atoms with Crippen molar-refractivity contribution in [2.75, 3.05) is 0 Å². The number of hydrogen-bond acceptors (Lipinski definition) is 5. The summed E-state index contributed by atoms with van der Waals surface area (Å²) in [6.07, 6.45) is 8.85. The second kappa shape index (κ2) is 7.35. The van der Waals surface area contributed by atoms with Gasteiger partial charge in [0.2, 0.25) is 17.6 Å². The van der Waals surface area contributed by atoms with E-state index in [-0.39, 0.29) is 5.91 Å². The predicted octanol–water partition coefficient (Wildman–Crippen LogP) is 2.76. The highest BCUT2D eigenvalue weighted by molar-refractivity contribution is 5.76. The van der Waals surface area contributed by atoms with Gasteiger partial charge in [0, 0.05) is 36.8 Å². The van der Waals surface area contributed by atoms with Gasteiger partial charge in [-0.2, -0.15) is 4.98 Å². The van der Waals surface area contributed by atoms with Crippen LogP contribution >= 0.6 is 0 Å². The fraction of sp³-hybridized carbons (Fsp3) is 0.529. The summed E-state index contributed by atoms with van der Waals surface area (Å²) in [7, 11) is 0. The zero-order chi connectivity index (χ0) is 16.1. The van der Waals surface area contributed by atoms with Crippen molar-refractivity contribution in [3.63, 3.8) is 0 Å². The van der Waals surface area contributed by atoms with E-state index in [1.165, 1.54) is 12.8 Å². The van der Waals surface area contributed by atoms with Crippen molar-refractivity contribution in [2.45, 2.75) is 51.5 Å². The molecule has 1 fully saturated rings. The molecule has 6 nitrogen and oxygen atoms in total. The highest BCUT2D eigenvalue weighted by atomic mass is 16.5. The molecule has 0 radical (unpaired) electrons. The molecule has 1 aliphatic rings. The largest absolute Gasteiger partial charge is 0.353 e. The minimum atomic E-state index is 0.0627. The lowest BCUT2D eigenvalue weighted by atomic mass is 9.87. The van der Waals surface area contributed by atoms with Crippen LogP contribution in [0.2, 0.25) is 0 Å². The summed E-state index contributed by atoms with van der Waals surface area (Å²) in [5.41, 5.74) is 0.857.